The molecule has 1 aliphatic heterocycles. The van der Waals surface area contributed by atoms with E-state index in [1.807, 2.05) is 0 Å². The van der Waals surface area contributed by atoms with E-state index in [2.05, 4.69) is 10.3 Å². The summed E-state index contributed by atoms with van der Waals surface area (Å²) in [4.78, 5) is 18.7. The number of nitrogens with zero attached hydrogens (tertiary/aromatic N) is 2. The summed E-state index contributed by atoms with van der Waals surface area (Å²) in [6.45, 7) is 2.13. The number of halogens is 3. The number of hydrogen-bond acceptors (Lipinski definition) is 5. The predicted octanol–water partition coefficient (Wildman–Crippen LogP) is 4.82. The molecule has 1 saturated heterocycles. The summed E-state index contributed by atoms with van der Waals surface area (Å²) in [7, 11) is -4.71. The summed E-state index contributed by atoms with van der Waals surface area (Å²) in [6.07, 6.45) is 2.31. The molecule has 0 radical (unpaired) electrons. The molecule has 0 saturated carbocycles. The van der Waals surface area contributed by atoms with Crippen molar-refractivity contribution in [2.75, 3.05) is 18.4 Å². The lowest BCUT2D eigenvalue weighted by atomic mass is 9.89. The van der Waals surface area contributed by atoms with Crippen LogP contribution in [0.15, 0.2) is 53.7 Å². The van der Waals surface area contributed by atoms with Crippen molar-refractivity contribution in [1.82, 2.24) is 9.88 Å². The van der Waals surface area contributed by atoms with Gasteiger partial charge in [-0.05, 0) is 55.5 Å². The molecule has 184 valence electrons. The van der Waals surface area contributed by atoms with Crippen LogP contribution in [0.2, 0.25) is 0 Å². The Morgan fingerprint density at radius 3 is 2.31 bits per heavy atom. The van der Waals surface area contributed by atoms with Gasteiger partial charge in [0.25, 0.3) is 5.91 Å². The molecule has 0 unspecified atom stereocenters. The fourth-order valence-corrected chi connectivity index (χ4v) is 4.89. The minimum absolute atomic E-state index is 0.00397. The van der Waals surface area contributed by atoms with E-state index in [9.17, 15) is 30.9 Å². The van der Waals surface area contributed by atoms with Gasteiger partial charge in [-0.25, -0.2) is 18.2 Å². The van der Waals surface area contributed by atoms with Crippen LogP contribution in [0, 0.1) is 24.4 Å². The van der Waals surface area contributed by atoms with Gasteiger partial charge in [-0.1, -0.05) is 12.1 Å². The van der Waals surface area contributed by atoms with E-state index in [4.69, 9.17) is 0 Å². The standard InChI is InChI=1S/C24H22F3N3O4S/c1-14-22(29-18-6-7-20(26)21(27)12-18)19(13-28-23(14)35(32,33)34)24(31)30-10-8-16(9-11-30)15-2-4-17(25)5-3-15/h2-7,12-13,16H,8-11H2,1H3,(H,28,29)(H,32,33,34). The summed E-state index contributed by atoms with van der Waals surface area (Å²) >= 11 is 0. The number of rotatable bonds is 5. The maximum atomic E-state index is 13.7. The second-order valence-corrected chi connectivity index (χ2v) is 9.66. The first-order valence-electron chi connectivity index (χ1n) is 10.8. The van der Waals surface area contributed by atoms with Crippen LogP contribution in [0.1, 0.15) is 40.2 Å². The van der Waals surface area contributed by atoms with Crippen LogP contribution in [-0.2, 0) is 10.1 Å². The second kappa shape index (κ2) is 9.67. The van der Waals surface area contributed by atoms with Crippen molar-refractivity contribution in [3.05, 3.63) is 82.8 Å². The van der Waals surface area contributed by atoms with Gasteiger partial charge in [0, 0.05) is 36.6 Å². The highest BCUT2D eigenvalue weighted by Gasteiger charge is 2.29. The average molecular weight is 506 g/mol. The van der Waals surface area contributed by atoms with E-state index in [-0.39, 0.29) is 34.2 Å². The monoisotopic (exact) mass is 505 g/mol. The molecular formula is C24H22F3N3O4S. The van der Waals surface area contributed by atoms with E-state index in [0.717, 1.165) is 23.9 Å². The highest BCUT2D eigenvalue weighted by Crippen LogP contribution is 2.33. The van der Waals surface area contributed by atoms with Gasteiger partial charge in [0.2, 0.25) is 0 Å². The lowest BCUT2D eigenvalue weighted by molar-refractivity contribution is 0.0713. The third kappa shape index (κ3) is 5.30. The topological polar surface area (TPSA) is 99.6 Å². The number of piperidine rings is 1. The third-order valence-corrected chi connectivity index (χ3v) is 6.96. The number of carbonyl (C=O) groups is 1. The molecular weight excluding hydrogens is 483 g/mol. The first-order chi connectivity index (χ1) is 16.5. The van der Waals surface area contributed by atoms with Gasteiger partial charge in [-0.15, -0.1) is 0 Å². The molecule has 1 amide bonds. The first-order valence-corrected chi connectivity index (χ1v) is 12.2. The van der Waals surface area contributed by atoms with Crippen LogP contribution in [-0.4, -0.2) is 41.9 Å². The SMILES string of the molecule is Cc1c(S(=O)(=O)O)ncc(C(=O)N2CCC(c3ccc(F)cc3)CC2)c1Nc1ccc(F)c(F)c1. The van der Waals surface area contributed by atoms with Crippen LogP contribution in [0.3, 0.4) is 0 Å². The predicted molar refractivity (Wildman–Crippen MR) is 123 cm³/mol. The zero-order valence-corrected chi connectivity index (χ0v) is 19.4. The Morgan fingerprint density at radius 2 is 1.71 bits per heavy atom. The lowest BCUT2D eigenvalue weighted by Crippen LogP contribution is -2.38. The van der Waals surface area contributed by atoms with Gasteiger partial charge in [0.1, 0.15) is 5.82 Å². The van der Waals surface area contributed by atoms with Gasteiger partial charge >= 0.3 is 10.1 Å². The Morgan fingerprint density at radius 1 is 1.06 bits per heavy atom. The normalized spacial score (nSPS) is 14.7. The molecule has 35 heavy (non-hydrogen) atoms. The first kappa shape index (κ1) is 24.7. The number of benzene rings is 2. The number of carbonyl (C=O) groups excluding carboxylic acids is 1. The quantitative estimate of drug-likeness (QED) is 0.483. The van der Waals surface area contributed by atoms with E-state index >= 15 is 0 Å². The molecule has 1 fully saturated rings. The molecule has 3 aromatic rings. The van der Waals surface area contributed by atoms with Gasteiger partial charge in [0.15, 0.2) is 16.7 Å². The molecule has 2 heterocycles. The van der Waals surface area contributed by atoms with Crippen molar-refractivity contribution >= 4 is 27.4 Å². The van der Waals surface area contributed by atoms with Gasteiger partial charge in [-0.3, -0.25) is 9.35 Å². The van der Waals surface area contributed by atoms with Gasteiger partial charge in [0.05, 0.1) is 11.3 Å². The maximum Gasteiger partial charge on any atom is 0.312 e. The molecule has 7 nitrogen and oxygen atoms in total. The molecule has 0 spiro atoms. The highest BCUT2D eigenvalue weighted by molar-refractivity contribution is 7.85. The Labute approximate surface area is 200 Å². The number of likely N-dealkylation sites (tertiary alicyclic amines) is 1. The molecule has 2 N–H and O–H groups in total. The molecule has 0 atom stereocenters. The summed E-state index contributed by atoms with van der Waals surface area (Å²) in [5.41, 5.74) is 1.02. The van der Waals surface area contributed by atoms with Crippen LogP contribution in [0.4, 0.5) is 24.5 Å². The molecule has 1 aliphatic rings. The van der Waals surface area contributed by atoms with Crippen molar-refractivity contribution in [2.45, 2.75) is 30.7 Å². The van der Waals surface area contributed by atoms with Crippen LogP contribution in [0.5, 0.6) is 0 Å². The number of hydrogen-bond donors (Lipinski definition) is 2. The third-order valence-electron chi connectivity index (χ3n) is 6.06. The smallest absolute Gasteiger partial charge is 0.312 e. The largest absolute Gasteiger partial charge is 0.354 e. The zero-order chi connectivity index (χ0) is 25.3. The van der Waals surface area contributed by atoms with E-state index in [1.165, 1.54) is 25.1 Å². The van der Waals surface area contributed by atoms with Gasteiger partial charge in [-0.2, -0.15) is 8.42 Å². The Hall–Kier alpha value is -3.44. The summed E-state index contributed by atoms with van der Waals surface area (Å²) in [6, 6.07) is 9.23. The van der Waals surface area contributed by atoms with E-state index < -0.39 is 32.7 Å². The number of pyridine rings is 1. The molecule has 11 heteroatoms. The molecule has 2 aromatic carbocycles. The van der Waals surface area contributed by atoms with Crippen molar-refractivity contribution in [2.24, 2.45) is 0 Å². The van der Waals surface area contributed by atoms with Crippen molar-refractivity contribution in [3.8, 4) is 0 Å². The molecule has 0 bridgehead atoms. The number of aromatic nitrogens is 1. The minimum atomic E-state index is -4.71. The number of nitrogens with one attached hydrogen (secondary N) is 1. The number of anilines is 2. The lowest BCUT2D eigenvalue weighted by Gasteiger charge is -2.33. The minimum Gasteiger partial charge on any atom is -0.354 e. The molecule has 1 aromatic heterocycles. The second-order valence-electron chi connectivity index (χ2n) is 8.32. The number of amides is 1. The Balaban J connectivity index is 1.63. The Bertz CT molecular complexity index is 1370. The van der Waals surface area contributed by atoms with Gasteiger partial charge < -0.3 is 10.2 Å². The fourth-order valence-electron chi connectivity index (χ4n) is 4.22. The fraction of sp³-hybridized carbons (Fsp3) is 0.250. The summed E-state index contributed by atoms with van der Waals surface area (Å²) < 4.78 is 73.4. The molecule has 0 aliphatic carbocycles. The zero-order valence-electron chi connectivity index (χ0n) is 18.6. The van der Waals surface area contributed by atoms with Crippen LogP contribution < -0.4 is 5.32 Å². The maximum absolute atomic E-state index is 13.7. The van der Waals surface area contributed by atoms with E-state index in [0.29, 0.717) is 25.9 Å². The van der Waals surface area contributed by atoms with Crippen molar-refractivity contribution < 1.29 is 30.9 Å². The van der Waals surface area contributed by atoms with E-state index in [1.54, 1.807) is 17.0 Å². The van der Waals surface area contributed by atoms with Crippen LogP contribution >= 0.6 is 0 Å². The summed E-state index contributed by atoms with van der Waals surface area (Å²) in [5, 5.41) is 2.12. The average Bonchev–Trinajstić information content (AvgIpc) is 2.82. The van der Waals surface area contributed by atoms with Crippen molar-refractivity contribution in [3.63, 3.8) is 0 Å². The summed E-state index contributed by atoms with van der Waals surface area (Å²) in [5.74, 6) is -2.81. The Kier molecular flexibility index (Phi) is 6.82. The molecule has 4 rings (SSSR count). The van der Waals surface area contributed by atoms with Crippen LogP contribution in [0.25, 0.3) is 0 Å². The van der Waals surface area contributed by atoms with Crippen molar-refractivity contribution in [1.29, 1.82) is 0 Å². The highest BCUT2D eigenvalue weighted by atomic mass is 32.2.